The van der Waals surface area contributed by atoms with Crippen LogP contribution < -0.4 is 4.74 Å². The molecule has 5 nitrogen and oxygen atoms in total. The minimum atomic E-state index is -0.360. The molecule has 0 spiro atoms. The molecule has 0 aliphatic rings. The Bertz CT molecular complexity index is 2590. The third-order valence-corrected chi connectivity index (χ3v) is 8.82. The van der Waals surface area contributed by atoms with Gasteiger partial charge in [0, 0.05) is 46.6 Å². The van der Waals surface area contributed by atoms with Gasteiger partial charge in [-0.1, -0.05) is 103 Å². The van der Waals surface area contributed by atoms with Gasteiger partial charge in [-0.25, -0.2) is 9.37 Å². The van der Waals surface area contributed by atoms with Crippen LogP contribution in [-0.2, 0) is 21.1 Å². The van der Waals surface area contributed by atoms with Crippen molar-refractivity contribution in [2.45, 2.75) is 0 Å². The normalized spacial score (nSPS) is 11.1. The molecule has 0 saturated carbocycles. The molecule has 0 fully saturated rings. The predicted octanol–water partition coefficient (Wildman–Crippen LogP) is 10.9. The molecule has 6 aromatic carbocycles. The number of aromatic nitrogens is 4. The molecule has 0 saturated heterocycles. The number of para-hydroxylation sites is 1. The Kier molecular flexibility index (Phi) is 8.60. The van der Waals surface area contributed by atoms with E-state index in [0.29, 0.717) is 17.3 Å². The predicted molar refractivity (Wildman–Crippen MR) is 196 cm³/mol. The average Bonchev–Trinajstić information content (AvgIpc) is 3.79. The van der Waals surface area contributed by atoms with E-state index in [2.05, 4.69) is 83.8 Å². The molecule has 3 aromatic heterocycles. The largest absolute Gasteiger partial charge is 2.00 e. The Morgan fingerprint density at radius 3 is 2.04 bits per heavy atom. The van der Waals surface area contributed by atoms with Crippen molar-refractivity contribution in [1.82, 2.24) is 19.3 Å². The van der Waals surface area contributed by atoms with Gasteiger partial charge in [0.15, 0.2) is 0 Å². The number of nitrogens with zero attached hydrogens (tertiary/aromatic N) is 4. The zero-order valence-corrected chi connectivity index (χ0v) is 29.3. The Morgan fingerprint density at radius 2 is 1.29 bits per heavy atom. The van der Waals surface area contributed by atoms with E-state index >= 15 is 0 Å². The Labute approximate surface area is 308 Å². The summed E-state index contributed by atoms with van der Waals surface area (Å²) in [6.45, 7) is 0. The SMILES string of the molecule is Fc1ccnc(-n2c3[c-]c(Oc4[c-]c(-n5cc(-c6c(-c7ccccc7)cccc6-c6ccccc6)cn5)ccc4)ccc3c3ccccc32)c1.[Pt+2]. The minimum absolute atomic E-state index is 0. The van der Waals surface area contributed by atoms with Gasteiger partial charge in [0.05, 0.1) is 6.20 Å². The van der Waals surface area contributed by atoms with Crippen LogP contribution >= 0.6 is 0 Å². The zero-order chi connectivity index (χ0) is 33.4. The number of hydrogen-bond acceptors (Lipinski definition) is 3. The first-order valence-electron chi connectivity index (χ1n) is 16.3. The summed E-state index contributed by atoms with van der Waals surface area (Å²) < 4.78 is 24.4. The Hall–Kier alpha value is -6.10. The molecule has 0 bridgehead atoms. The fraction of sp³-hybridized carbons (Fsp3) is 0. The number of pyridine rings is 1. The van der Waals surface area contributed by atoms with Crippen LogP contribution in [0.2, 0.25) is 0 Å². The molecule has 0 atom stereocenters. The molecule has 9 aromatic rings. The van der Waals surface area contributed by atoms with Gasteiger partial charge in [-0.05, 0) is 45.5 Å². The molecule has 0 aliphatic heterocycles. The van der Waals surface area contributed by atoms with E-state index in [1.54, 1.807) is 0 Å². The van der Waals surface area contributed by atoms with E-state index in [-0.39, 0.29) is 26.9 Å². The smallest absolute Gasteiger partial charge is 0.509 e. The van der Waals surface area contributed by atoms with E-state index in [4.69, 9.17) is 9.84 Å². The van der Waals surface area contributed by atoms with Crippen LogP contribution in [0, 0.1) is 17.9 Å². The molecule has 7 heteroatoms. The van der Waals surface area contributed by atoms with Crippen LogP contribution in [0.5, 0.6) is 11.5 Å². The monoisotopic (exact) mass is 841 g/mol. The summed E-state index contributed by atoms with van der Waals surface area (Å²) in [5.41, 5.74) is 8.99. The van der Waals surface area contributed by atoms with Gasteiger partial charge in [0.1, 0.15) is 11.6 Å². The molecular weight excluding hydrogens is 815 g/mol. The quantitative estimate of drug-likeness (QED) is 0.150. The van der Waals surface area contributed by atoms with E-state index in [1.807, 2.05) is 88.4 Å². The Morgan fingerprint density at radius 1 is 0.608 bits per heavy atom. The van der Waals surface area contributed by atoms with Gasteiger partial charge < -0.3 is 9.30 Å². The number of hydrogen-bond donors (Lipinski definition) is 0. The number of halogens is 1. The molecule has 3 heterocycles. The number of benzene rings is 6. The van der Waals surface area contributed by atoms with Gasteiger partial charge in [0.25, 0.3) is 0 Å². The molecule has 0 N–H and O–H groups in total. The number of ether oxygens (including phenoxy) is 1. The second-order valence-electron chi connectivity index (χ2n) is 11.9. The van der Waals surface area contributed by atoms with E-state index in [0.717, 1.165) is 60.9 Å². The van der Waals surface area contributed by atoms with Gasteiger partial charge in [-0.3, -0.25) is 4.68 Å². The molecule has 51 heavy (non-hydrogen) atoms. The number of rotatable bonds is 7. The molecule has 0 unspecified atom stereocenters. The van der Waals surface area contributed by atoms with Gasteiger partial charge >= 0.3 is 21.1 Å². The second kappa shape index (κ2) is 13.7. The van der Waals surface area contributed by atoms with Gasteiger partial charge in [-0.2, -0.15) is 17.2 Å². The summed E-state index contributed by atoms with van der Waals surface area (Å²) in [4.78, 5) is 4.46. The van der Waals surface area contributed by atoms with Crippen LogP contribution in [0.25, 0.3) is 66.7 Å². The summed E-state index contributed by atoms with van der Waals surface area (Å²) in [6.07, 6.45) is 5.40. The van der Waals surface area contributed by atoms with Crippen LogP contribution in [0.3, 0.4) is 0 Å². The number of fused-ring (bicyclic) bond motifs is 3. The first-order chi connectivity index (χ1) is 24.7. The van der Waals surface area contributed by atoms with Crippen LogP contribution in [0.15, 0.2) is 164 Å². The van der Waals surface area contributed by atoms with Crippen molar-refractivity contribution in [3.8, 4) is 56.4 Å². The minimum Gasteiger partial charge on any atom is -0.509 e. The van der Waals surface area contributed by atoms with Crippen LogP contribution in [-0.4, -0.2) is 19.3 Å². The third-order valence-electron chi connectivity index (χ3n) is 8.82. The van der Waals surface area contributed by atoms with E-state index in [1.165, 1.54) is 18.3 Å². The maximum atomic E-state index is 14.3. The summed E-state index contributed by atoms with van der Waals surface area (Å²) >= 11 is 0. The third kappa shape index (κ3) is 6.05. The van der Waals surface area contributed by atoms with Gasteiger partial charge in [-0.15, -0.1) is 35.7 Å². The standard InChI is InChI=1S/C44H27FN4O.Pt/c45-33-23-24-46-43(25-33)49-41-20-8-7-17-39(41)40-22-21-36(27-42(40)49)50-35-16-9-15-34(26-35)48-29-32(28-47-48)44-37(30-11-3-1-4-12-30)18-10-19-38(44)31-13-5-2-6-14-31;/h1-25,28-29H;/q-2;+2. The van der Waals surface area contributed by atoms with Crippen molar-refractivity contribution in [3.63, 3.8) is 0 Å². The van der Waals surface area contributed by atoms with Crippen molar-refractivity contribution in [3.05, 3.63) is 182 Å². The van der Waals surface area contributed by atoms with Crippen molar-refractivity contribution >= 4 is 21.8 Å². The van der Waals surface area contributed by atoms with Crippen LogP contribution in [0.4, 0.5) is 4.39 Å². The first-order valence-corrected chi connectivity index (χ1v) is 16.3. The summed E-state index contributed by atoms with van der Waals surface area (Å²) in [7, 11) is 0. The summed E-state index contributed by atoms with van der Waals surface area (Å²) in [5, 5.41) is 6.76. The Balaban J connectivity index is 0.00000374. The maximum Gasteiger partial charge on any atom is 2.00 e. The van der Waals surface area contributed by atoms with Gasteiger partial charge in [0.2, 0.25) is 0 Å². The average molecular weight is 842 g/mol. The topological polar surface area (TPSA) is 44.9 Å². The van der Waals surface area contributed by atoms with Crippen molar-refractivity contribution in [2.24, 2.45) is 0 Å². The van der Waals surface area contributed by atoms with Crippen molar-refractivity contribution < 1.29 is 30.2 Å². The zero-order valence-electron chi connectivity index (χ0n) is 27.0. The van der Waals surface area contributed by atoms with Crippen molar-refractivity contribution in [1.29, 1.82) is 0 Å². The molecule has 246 valence electrons. The van der Waals surface area contributed by atoms with Crippen molar-refractivity contribution in [2.75, 3.05) is 0 Å². The summed E-state index contributed by atoms with van der Waals surface area (Å²) in [6, 6.07) is 54.4. The van der Waals surface area contributed by atoms with E-state index < -0.39 is 0 Å². The molecule has 0 amide bonds. The molecule has 0 aliphatic carbocycles. The fourth-order valence-corrected chi connectivity index (χ4v) is 6.60. The molecular formula is C44H27FN4OPt. The molecule has 0 radical (unpaired) electrons. The van der Waals surface area contributed by atoms with E-state index in [9.17, 15) is 4.39 Å². The fourth-order valence-electron chi connectivity index (χ4n) is 6.60. The second-order valence-corrected chi connectivity index (χ2v) is 11.9. The summed E-state index contributed by atoms with van der Waals surface area (Å²) in [5.74, 6) is 1.12. The first kappa shape index (κ1) is 32.1. The van der Waals surface area contributed by atoms with Crippen LogP contribution in [0.1, 0.15) is 0 Å². The maximum absolute atomic E-state index is 14.3. The molecule has 9 rings (SSSR count).